The molecule has 1 amide bonds. The number of nitrogens with zero attached hydrogens (tertiary/aromatic N) is 4. The molecule has 5 N–H and O–H groups in total. The monoisotopic (exact) mass is 422 g/mol. The Balaban J connectivity index is 1.41. The SMILES string of the molecule is NCc1ccc(-c2cn(CC(=O)NC3Cc4cccc(C(=O)O)c4OB3O)nn2)cn1. The number of nitrogens with two attached hydrogens (primary N) is 1. The summed E-state index contributed by atoms with van der Waals surface area (Å²) in [6, 6.07) is 8.30. The molecule has 1 atom stereocenters. The van der Waals surface area contributed by atoms with Gasteiger partial charge in [-0.15, -0.1) is 5.10 Å². The molecule has 0 bridgehead atoms. The number of rotatable bonds is 6. The maximum absolute atomic E-state index is 12.5. The van der Waals surface area contributed by atoms with Crippen LogP contribution >= 0.6 is 0 Å². The predicted molar refractivity (Wildman–Crippen MR) is 109 cm³/mol. The van der Waals surface area contributed by atoms with Crippen molar-refractivity contribution in [3.05, 3.63) is 59.5 Å². The summed E-state index contributed by atoms with van der Waals surface area (Å²) in [5, 5.41) is 30.2. The van der Waals surface area contributed by atoms with E-state index >= 15 is 0 Å². The number of benzene rings is 1. The van der Waals surface area contributed by atoms with Crippen LogP contribution in [0.3, 0.4) is 0 Å². The Kier molecular flexibility index (Phi) is 5.65. The van der Waals surface area contributed by atoms with E-state index in [2.05, 4.69) is 20.6 Å². The van der Waals surface area contributed by atoms with E-state index in [9.17, 15) is 19.7 Å². The lowest BCUT2D eigenvalue weighted by Gasteiger charge is -2.28. The molecule has 1 unspecified atom stereocenters. The summed E-state index contributed by atoms with van der Waals surface area (Å²) in [6.07, 6.45) is 3.47. The van der Waals surface area contributed by atoms with Gasteiger partial charge in [-0.25, -0.2) is 9.48 Å². The van der Waals surface area contributed by atoms with E-state index in [-0.39, 0.29) is 24.3 Å². The molecule has 0 radical (unpaired) electrons. The van der Waals surface area contributed by atoms with Crippen LogP contribution in [0.5, 0.6) is 5.75 Å². The van der Waals surface area contributed by atoms with Gasteiger partial charge >= 0.3 is 13.1 Å². The Bertz CT molecular complexity index is 1120. The number of pyridine rings is 1. The molecule has 11 nitrogen and oxygen atoms in total. The van der Waals surface area contributed by atoms with Gasteiger partial charge in [0.15, 0.2) is 0 Å². The second-order valence-corrected chi connectivity index (χ2v) is 7.03. The van der Waals surface area contributed by atoms with Crippen LogP contribution in [-0.4, -0.2) is 55.0 Å². The van der Waals surface area contributed by atoms with E-state index in [1.165, 1.54) is 10.7 Å². The average Bonchev–Trinajstić information content (AvgIpc) is 3.22. The number of para-hydroxylation sites is 1. The first-order valence-electron chi connectivity index (χ1n) is 9.49. The summed E-state index contributed by atoms with van der Waals surface area (Å²) in [6.45, 7) is 0.221. The quantitative estimate of drug-likeness (QED) is 0.388. The fourth-order valence-corrected chi connectivity index (χ4v) is 3.32. The van der Waals surface area contributed by atoms with E-state index in [0.29, 0.717) is 17.8 Å². The number of carboxylic acid groups (broad SMARTS) is 1. The van der Waals surface area contributed by atoms with Crippen LogP contribution < -0.4 is 15.7 Å². The minimum absolute atomic E-state index is 0.0366. The maximum Gasteiger partial charge on any atom is 0.547 e. The number of hydrogen-bond acceptors (Lipinski definition) is 8. The number of aromatic carboxylic acids is 1. The van der Waals surface area contributed by atoms with Gasteiger partial charge in [0, 0.05) is 18.3 Å². The molecule has 3 heterocycles. The largest absolute Gasteiger partial charge is 0.547 e. The topological polar surface area (TPSA) is 165 Å². The average molecular weight is 422 g/mol. The molecule has 1 aliphatic rings. The van der Waals surface area contributed by atoms with E-state index in [1.54, 1.807) is 30.6 Å². The zero-order chi connectivity index (χ0) is 22.0. The van der Waals surface area contributed by atoms with Crippen molar-refractivity contribution in [2.75, 3.05) is 0 Å². The minimum Gasteiger partial charge on any atom is -0.534 e. The number of fused-ring (bicyclic) bond motifs is 1. The van der Waals surface area contributed by atoms with Gasteiger partial charge < -0.3 is 25.8 Å². The fourth-order valence-electron chi connectivity index (χ4n) is 3.32. The van der Waals surface area contributed by atoms with E-state index in [4.69, 9.17) is 10.4 Å². The predicted octanol–water partition coefficient (Wildman–Crippen LogP) is -0.363. The number of aromatic nitrogens is 4. The van der Waals surface area contributed by atoms with Gasteiger partial charge in [-0.05, 0) is 30.2 Å². The fraction of sp³-hybridized carbons (Fsp3) is 0.211. The molecular weight excluding hydrogens is 403 g/mol. The summed E-state index contributed by atoms with van der Waals surface area (Å²) in [4.78, 5) is 28.0. The summed E-state index contributed by atoms with van der Waals surface area (Å²) in [7, 11) is -1.38. The number of hydrogen-bond donors (Lipinski definition) is 4. The van der Waals surface area contributed by atoms with Gasteiger partial charge in [0.25, 0.3) is 0 Å². The molecule has 0 spiro atoms. The third kappa shape index (κ3) is 4.39. The summed E-state index contributed by atoms with van der Waals surface area (Å²) in [5.41, 5.74) is 8.14. The van der Waals surface area contributed by atoms with Crippen LogP contribution in [-0.2, 0) is 24.3 Å². The van der Waals surface area contributed by atoms with Crippen LogP contribution in [0.15, 0.2) is 42.7 Å². The van der Waals surface area contributed by atoms with E-state index in [0.717, 1.165) is 11.3 Å². The van der Waals surface area contributed by atoms with Gasteiger partial charge in [-0.3, -0.25) is 9.78 Å². The standard InChI is InChI=1S/C19H19BN6O5/c21-7-13-5-4-12(8-22-13)15-9-26(25-24-15)10-17(27)23-16-6-11-2-1-3-14(19(28)29)18(11)31-20(16)30/h1-5,8-9,16,30H,6-7,10,21H2,(H,23,27)(H,28,29). The second-order valence-electron chi connectivity index (χ2n) is 7.03. The van der Waals surface area contributed by atoms with Crippen molar-refractivity contribution in [1.82, 2.24) is 25.3 Å². The Morgan fingerprint density at radius 1 is 1.32 bits per heavy atom. The number of carboxylic acids is 1. The number of nitrogens with one attached hydrogen (secondary N) is 1. The zero-order valence-electron chi connectivity index (χ0n) is 16.3. The van der Waals surface area contributed by atoms with Gasteiger partial charge in [0.2, 0.25) is 5.91 Å². The third-order valence-corrected chi connectivity index (χ3v) is 4.87. The van der Waals surface area contributed by atoms with Gasteiger partial charge in [0.05, 0.1) is 23.4 Å². The molecule has 0 fully saturated rings. The molecule has 4 rings (SSSR count). The smallest absolute Gasteiger partial charge is 0.534 e. The zero-order valence-corrected chi connectivity index (χ0v) is 16.3. The number of carbonyl (C=O) groups excluding carboxylic acids is 1. The highest BCUT2D eigenvalue weighted by Gasteiger charge is 2.37. The first-order valence-corrected chi connectivity index (χ1v) is 9.49. The van der Waals surface area contributed by atoms with Crippen molar-refractivity contribution in [3.8, 4) is 17.0 Å². The number of carbonyl (C=O) groups is 2. The highest BCUT2D eigenvalue weighted by atomic mass is 16.5. The molecular formula is C19H19BN6O5. The van der Waals surface area contributed by atoms with Gasteiger partial charge in [-0.1, -0.05) is 17.3 Å². The highest BCUT2D eigenvalue weighted by Crippen LogP contribution is 2.30. The van der Waals surface area contributed by atoms with Crippen LogP contribution in [0.1, 0.15) is 21.6 Å². The summed E-state index contributed by atoms with van der Waals surface area (Å²) in [5.74, 6) is -2.18. The molecule has 31 heavy (non-hydrogen) atoms. The van der Waals surface area contributed by atoms with Crippen LogP contribution in [0.25, 0.3) is 11.3 Å². The Morgan fingerprint density at radius 2 is 2.16 bits per heavy atom. The minimum atomic E-state index is -1.38. The van der Waals surface area contributed by atoms with Crippen molar-refractivity contribution in [2.45, 2.75) is 25.5 Å². The normalized spacial score (nSPS) is 15.2. The lowest BCUT2D eigenvalue weighted by Crippen LogP contribution is -2.53. The summed E-state index contributed by atoms with van der Waals surface area (Å²) >= 11 is 0. The van der Waals surface area contributed by atoms with Crippen LogP contribution in [0, 0.1) is 0 Å². The van der Waals surface area contributed by atoms with Crippen molar-refractivity contribution >= 4 is 19.0 Å². The number of amides is 1. The Hall–Kier alpha value is -3.77. The van der Waals surface area contributed by atoms with Crippen molar-refractivity contribution in [3.63, 3.8) is 0 Å². The molecule has 0 aliphatic carbocycles. The Morgan fingerprint density at radius 3 is 2.87 bits per heavy atom. The molecule has 2 aromatic heterocycles. The first-order chi connectivity index (χ1) is 14.9. The molecule has 3 aromatic rings. The lowest BCUT2D eigenvalue weighted by atomic mass is 9.72. The third-order valence-electron chi connectivity index (χ3n) is 4.87. The highest BCUT2D eigenvalue weighted by molar-refractivity contribution is 6.47. The Labute approximate surface area is 177 Å². The summed E-state index contributed by atoms with van der Waals surface area (Å²) < 4.78 is 6.75. The molecule has 0 saturated heterocycles. The lowest BCUT2D eigenvalue weighted by molar-refractivity contribution is -0.122. The first kappa shape index (κ1) is 20.5. The second kappa shape index (κ2) is 8.54. The molecule has 1 aliphatic heterocycles. The van der Waals surface area contributed by atoms with Crippen LogP contribution in [0.2, 0.25) is 0 Å². The molecule has 0 saturated carbocycles. The van der Waals surface area contributed by atoms with Gasteiger partial charge in [-0.2, -0.15) is 0 Å². The van der Waals surface area contributed by atoms with E-state index in [1.807, 2.05) is 6.07 Å². The van der Waals surface area contributed by atoms with Crippen molar-refractivity contribution in [1.29, 1.82) is 0 Å². The van der Waals surface area contributed by atoms with E-state index < -0.39 is 24.9 Å². The maximum atomic E-state index is 12.5. The van der Waals surface area contributed by atoms with Crippen LogP contribution in [0.4, 0.5) is 0 Å². The van der Waals surface area contributed by atoms with Crippen molar-refractivity contribution in [2.24, 2.45) is 5.73 Å². The van der Waals surface area contributed by atoms with Crippen molar-refractivity contribution < 1.29 is 24.4 Å². The molecule has 12 heteroatoms. The van der Waals surface area contributed by atoms with Gasteiger partial charge in [0.1, 0.15) is 18.0 Å². The molecule has 1 aromatic carbocycles. The molecule has 158 valence electrons.